The van der Waals surface area contributed by atoms with Crippen molar-refractivity contribution in [2.45, 2.75) is 38.1 Å². The molecular weight excluding hydrogens is 310 g/mol. The van der Waals surface area contributed by atoms with Crippen LogP contribution >= 0.6 is 11.8 Å². The summed E-state index contributed by atoms with van der Waals surface area (Å²) in [6, 6.07) is 0.163. The molecule has 0 aromatic carbocycles. The topological polar surface area (TPSA) is 78.2 Å². The number of carbonyl (C=O) groups is 1. The zero-order valence-electron chi connectivity index (χ0n) is 12.8. The Bertz CT molecular complexity index is 670. The molecule has 0 aromatic heterocycles. The molecule has 4 rings (SSSR count). The molecule has 0 saturated heterocycles. The average Bonchev–Trinajstić information content (AvgIpc) is 2.95. The molecule has 0 bridgehead atoms. The van der Waals surface area contributed by atoms with Gasteiger partial charge in [-0.25, -0.2) is 4.79 Å². The Morgan fingerprint density at radius 1 is 1.26 bits per heavy atom. The first-order chi connectivity index (χ1) is 11.3. The molecule has 2 amide bonds. The maximum absolute atomic E-state index is 11.3. The van der Waals surface area contributed by atoms with Crippen LogP contribution in [0.15, 0.2) is 39.0 Å². The van der Waals surface area contributed by atoms with Gasteiger partial charge in [-0.2, -0.15) is 10.1 Å². The summed E-state index contributed by atoms with van der Waals surface area (Å²) in [6.45, 7) is 0. The number of fused-ring (bicyclic) bond motifs is 1. The van der Waals surface area contributed by atoms with E-state index in [-0.39, 0.29) is 11.9 Å². The number of urea groups is 1. The summed E-state index contributed by atoms with van der Waals surface area (Å²) in [4.78, 5) is 20.0. The lowest BCUT2D eigenvalue weighted by molar-refractivity contribution is 0.253. The Kier molecular flexibility index (Phi) is 4.03. The van der Waals surface area contributed by atoms with Gasteiger partial charge in [-0.1, -0.05) is 37.1 Å². The van der Waals surface area contributed by atoms with E-state index in [9.17, 15) is 4.79 Å². The molecule has 1 unspecified atom stereocenters. The number of hydrazone groups is 1. The zero-order valence-corrected chi connectivity index (χ0v) is 13.6. The van der Waals surface area contributed by atoms with Crippen LogP contribution < -0.4 is 10.7 Å². The number of thioether (sulfide) groups is 1. The summed E-state index contributed by atoms with van der Waals surface area (Å²) >= 11 is 1.71. The van der Waals surface area contributed by atoms with Gasteiger partial charge < -0.3 is 5.32 Å². The second kappa shape index (κ2) is 6.31. The van der Waals surface area contributed by atoms with E-state index in [1.807, 2.05) is 18.2 Å². The predicted molar refractivity (Wildman–Crippen MR) is 94.0 cm³/mol. The number of nitrogens with zero attached hydrogens (tertiary/aromatic N) is 3. The third-order valence-corrected chi connectivity index (χ3v) is 5.37. The summed E-state index contributed by atoms with van der Waals surface area (Å²) in [5.41, 5.74) is 5.65. The van der Waals surface area contributed by atoms with E-state index >= 15 is 0 Å². The molecule has 7 heteroatoms. The van der Waals surface area contributed by atoms with Gasteiger partial charge in [0.25, 0.3) is 0 Å². The lowest BCUT2D eigenvalue weighted by atomic mass is 9.96. The highest BCUT2D eigenvalue weighted by Gasteiger charge is 2.26. The van der Waals surface area contributed by atoms with Gasteiger partial charge in [0.1, 0.15) is 0 Å². The standard InChI is InChI=1S/C16H19N5OS/c22-15-18-12-7-6-10(8-13(12)19-15)14-9-23-16(21-20-14)17-11-4-2-1-3-5-11/h6-8,10-11H,1-5,9H2,(H,17,21)(H,19,22). The van der Waals surface area contributed by atoms with Crippen molar-refractivity contribution < 1.29 is 4.79 Å². The van der Waals surface area contributed by atoms with Crippen molar-refractivity contribution in [3.8, 4) is 0 Å². The quantitative estimate of drug-likeness (QED) is 0.817. The number of hydrogen-bond acceptors (Lipinski definition) is 4. The molecule has 23 heavy (non-hydrogen) atoms. The number of nitrogens with one attached hydrogen (secondary N) is 2. The largest absolute Gasteiger partial charge is 0.346 e. The van der Waals surface area contributed by atoms with Crippen LogP contribution in [0.2, 0.25) is 0 Å². The van der Waals surface area contributed by atoms with Crippen molar-refractivity contribution in [2.24, 2.45) is 21.0 Å². The fourth-order valence-corrected chi connectivity index (χ4v) is 4.08. The first kappa shape index (κ1) is 14.7. The second-order valence-corrected chi connectivity index (χ2v) is 7.09. The second-order valence-electron chi connectivity index (χ2n) is 6.12. The van der Waals surface area contributed by atoms with E-state index in [2.05, 4.69) is 20.8 Å². The summed E-state index contributed by atoms with van der Waals surface area (Å²) in [5.74, 6) is 0.913. The lowest BCUT2D eigenvalue weighted by Gasteiger charge is -2.23. The summed E-state index contributed by atoms with van der Waals surface area (Å²) in [6.07, 6.45) is 12.2. The van der Waals surface area contributed by atoms with Gasteiger partial charge in [0, 0.05) is 11.7 Å². The van der Waals surface area contributed by atoms with Crippen molar-refractivity contribution in [3.63, 3.8) is 0 Å². The van der Waals surface area contributed by atoms with E-state index in [1.165, 1.54) is 32.1 Å². The van der Waals surface area contributed by atoms with Crippen LogP contribution in [0, 0.1) is 5.92 Å². The Morgan fingerprint density at radius 3 is 2.91 bits per heavy atom. The number of hydrogen-bond donors (Lipinski definition) is 2. The number of amides is 2. The number of carbonyl (C=O) groups excluding carboxylic acids is 1. The Hall–Kier alpha value is -1.89. The van der Waals surface area contributed by atoms with E-state index in [4.69, 9.17) is 4.99 Å². The minimum Gasteiger partial charge on any atom is -0.304 e. The van der Waals surface area contributed by atoms with Gasteiger partial charge >= 0.3 is 6.03 Å². The molecule has 1 fully saturated rings. The molecule has 0 radical (unpaired) electrons. The van der Waals surface area contributed by atoms with Crippen molar-refractivity contribution >= 4 is 34.4 Å². The molecule has 4 aliphatic rings. The molecule has 0 aromatic rings. The SMILES string of the molecule is O=C1N=C2C=CC(C3=NNC(=NC4CCCCC4)SC3)C=C2N1. The predicted octanol–water partition coefficient (Wildman–Crippen LogP) is 2.60. The Morgan fingerprint density at radius 2 is 2.13 bits per heavy atom. The highest BCUT2D eigenvalue weighted by atomic mass is 32.2. The molecule has 2 aliphatic carbocycles. The molecule has 2 N–H and O–H groups in total. The van der Waals surface area contributed by atoms with Gasteiger partial charge in [0.05, 0.1) is 23.2 Å². The van der Waals surface area contributed by atoms with Gasteiger partial charge in [-0.05, 0) is 25.0 Å². The molecule has 120 valence electrons. The number of allylic oxidation sites excluding steroid dienone is 3. The van der Waals surface area contributed by atoms with Crippen molar-refractivity contribution in [2.75, 3.05) is 5.75 Å². The monoisotopic (exact) mass is 329 g/mol. The van der Waals surface area contributed by atoms with Gasteiger partial charge in [-0.15, -0.1) is 0 Å². The maximum atomic E-state index is 11.3. The molecule has 1 atom stereocenters. The highest BCUT2D eigenvalue weighted by molar-refractivity contribution is 8.14. The maximum Gasteiger partial charge on any atom is 0.346 e. The fourth-order valence-electron chi connectivity index (χ4n) is 3.21. The van der Waals surface area contributed by atoms with Crippen LogP contribution in [0.25, 0.3) is 0 Å². The number of aliphatic imine (C=N–C) groups is 2. The van der Waals surface area contributed by atoms with Crippen LogP contribution in [0.3, 0.4) is 0 Å². The van der Waals surface area contributed by atoms with Gasteiger partial charge in [-0.3, -0.25) is 10.4 Å². The zero-order chi connectivity index (χ0) is 15.6. The number of amidine groups is 1. The average molecular weight is 329 g/mol. The van der Waals surface area contributed by atoms with Crippen molar-refractivity contribution in [1.82, 2.24) is 10.7 Å². The van der Waals surface area contributed by atoms with Crippen molar-refractivity contribution in [3.05, 3.63) is 23.9 Å². The fraction of sp³-hybridized carbons (Fsp3) is 0.500. The van der Waals surface area contributed by atoms with Crippen LogP contribution in [-0.4, -0.2) is 34.4 Å². The third-order valence-electron chi connectivity index (χ3n) is 4.46. The summed E-state index contributed by atoms with van der Waals surface area (Å²) in [7, 11) is 0. The number of rotatable bonds is 2. The normalized spacial score (nSPS) is 29.4. The third kappa shape index (κ3) is 3.24. The first-order valence-corrected chi connectivity index (χ1v) is 9.09. The van der Waals surface area contributed by atoms with Crippen LogP contribution in [-0.2, 0) is 0 Å². The molecule has 2 aliphatic heterocycles. The minimum absolute atomic E-state index is 0.0959. The molecule has 2 heterocycles. The molecule has 1 saturated carbocycles. The first-order valence-electron chi connectivity index (χ1n) is 8.11. The molecular formula is C16H19N5OS. The van der Waals surface area contributed by atoms with E-state index in [0.717, 1.165) is 22.3 Å². The van der Waals surface area contributed by atoms with Crippen molar-refractivity contribution in [1.29, 1.82) is 0 Å². The van der Waals surface area contributed by atoms with E-state index in [1.54, 1.807) is 11.8 Å². The Balaban J connectivity index is 1.42. The Labute approximate surface area is 139 Å². The molecule has 0 spiro atoms. The van der Waals surface area contributed by atoms with Crippen LogP contribution in [0.4, 0.5) is 4.79 Å². The van der Waals surface area contributed by atoms with Gasteiger partial charge in [0.2, 0.25) is 0 Å². The van der Waals surface area contributed by atoms with E-state index < -0.39 is 0 Å². The van der Waals surface area contributed by atoms with Gasteiger partial charge in [0.15, 0.2) is 5.17 Å². The molecule has 6 nitrogen and oxygen atoms in total. The van der Waals surface area contributed by atoms with Crippen LogP contribution in [0.1, 0.15) is 32.1 Å². The lowest BCUT2D eigenvalue weighted by Crippen LogP contribution is -2.31. The van der Waals surface area contributed by atoms with E-state index in [0.29, 0.717) is 11.8 Å². The smallest absolute Gasteiger partial charge is 0.304 e. The van der Waals surface area contributed by atoms with Crippen LogP contribution in [0.5, 0.6) is 0 Å². The summed E-state index contributed by atoms with van der Waals surface area (Å²) in [5, 5.41) is 8.18. The highest BCUT2D eigenvalue weighted by Crippen LogP contribution is 2.24. The minimum atomic E-state index is -0.295. The summed E-state index contributed by atoms with van der Waals surface area (Å²) < 4.78 is 0.